The number of rotatable bonds is 2. The molecule has 0 bridgehead atoms. The molecule has 0 unspecified atom stereocenters. The Morgan fingerprint density at radius 3 is 2.38 bits per heavy atom. The van der Waals surface area contributed by atoms with Gasteiger partial charge in [-0.3, -0.25) is 0 Å². The zero-order chi connectivity index (χ0) is 16.7. The van der Waals surface area contributed by atoms with E-state index < -0.39 is 0 Å². The van der Waals surface area contributed by atoms with Crippen LogP contribution in [0.1, 0.15) is 10.4 Å². The van der Waals surface area contributed by atoms with E-state index in [0.717, 1.165) is 36.8 Å². The molecule has 124 valence electrons. The number of hydrogen-bond donors (Lipinski definition) is 0. The maximum Gasteiger partial charge on any atom is 0.141 e. The Labute approximate surface area is 146 Å². The zero-order valence-electron chi connectivity index (χ0n) is 14.4. The van der Waals surface area contributed by atoms with Crippen molar-refractivity contribution >= 4 is 27.4 Å². The van der Waals surface area contributed by atoms with Crippen LogP contribution >= 0.6 is 11.3 Å². The molecule has 0 spiro atoms. The van der Waals surface area contributed by atoms with E-state index in [0.29, 0.717) is 0 Å². The molecule has 4 rings (SSSR count). The fourth-order valence-electron chi connectivity index (χ4n) is 3.35. The van der Waals surface area contributed by atoms with Crippen molar-refractivity contribution in [3.63, 3.8) is 0 Å². The van der Waals surface area contributed by atoms with E-state index in [1.54, 1.807) is 17.7 Å². The summed E-state index contributed by atoms with van der Waals surface area (Å²) in [6.07, 6.45) is 1.71. The van der Waals surface area contributed by atoms with Crippen LogP contribution in [-0.4, -0.2) is 48.1 Å². The van der Waals surface area contributed by atoms with Gasteiger partial charge in [0.1, 0.15) is 17.0 Å². The Morgan fingerprint density at radius 2 is 1.67 bits per heavy atom. The van der Waals surface area contributed by atoms with Gasteiger partial charge in [0.2, 0.25) is 0 Å². The molecule has 0 saturated carbocycles. The molecule has 3 heterocycles. The third-order valence-corrected chi connectivity index (χ3v) is 5.80. The summed E-state index contributed by atoms with van der Waals surface area (Å²) in [5.74, 6) is 1.09. The van der Waals surface area contributed by atoms with E-state index in [-0.39, 0.29) is 0 Å². The van der Waals surface area contributed by atoms with Crippen LogP contribution in [0.25, 0.3) is 21.3 Å². The average molecular weight is 338 g/mol. The molecule has 1 aromatic carbocycles. The second kappa shape index (κ2) is 6.15. The number of piperazine rings is 1. The van der Waals surface area contributed by atoms with Crippen molar-refractivity contribution in [2.24, 2.45) is 0 Å². The fourth-order valence-corrected chi connectivity index (χ4v) is 4.36. The van der Waals surface area contributed by atoms with Crippen LogP contribution in [0.3, 0.4) is 0 Å². The van der Waals surface area contributed by atoms with Crippen molar-refractivity contribution in [1.82, 2.24) is 14.9 Å². The SMILES string of the molecule is Cc1ccc(-c2c(C)sc3ncnc(N4CCN(C)CC4)c23)cc1. The topological polar surface area (TPSA) is 32.3 Å². The molecular formula is C19H22N4S. The second-order valence-electron chi connectivity index (χ2n) is 6.57. The van der Waals surface area contributed by atoms with Crippen LogP contribution < -0.4 is 4.90 Å². The molecule has 3 aromatic rings. The Balaban J connectivity index is 1.88. The van der Waals surface area contributed by atoms with Gasteiger partial charge in [-0.1, -0.05) is 29.8 Å². The van der Waals surface area contributed by atoms with Crippen molar-refractivity contribution in [1.29, 1.82) is 0 Å². The summed E-state index contributed by atoms with van der Waals surface area (Å²) >= 11 is 1.77. The van der Waals surface area contributed by atoms with Crippen LogP contribution in [0.2, 0.25) is 0 Å². The molecule has 0 aliphatic carbocycles. The van der Waals surface area contributed by atoms with Crippen LogP contribution in [0.5, 0.6) is 0 Å². The van der Waals surface area contributed by atoms with Gasteiger partial charge in [-0.2, -0.15) is 0 Å². The van der Waals surface area contributed by atoms with Crippen LogP contribution in [0, 0.1) is 13.8 Å². The van der Waals surface area contributed by atoms with Gasteiger partial charge in [0.25, 0.3) is 0 Å². The van der Waals surface area contributed by atoms with E-state index in [1.807, 2.05) is 0 Å². The van der Waals surface area contributed by atoms with Crippen molar-refractivity contribution in [3.05, 3.63) is 41.0 Å². The lowest BCUT2D eigenvalue weighted by atomic mass is 10.0. The van der Waals surface area contributed by atoms with Gasteiger partial charge < -0.3 is 9.80 Å². The molecule has 1 fully saturated rings. The molecule has 4 nitrogen and oxygen atoms in total. The number of anilines is 1. The molecule has 5 heteroatoms. The maximum atomic E-state index is 4.68. The summed E-state index contributed by atoms with van der Waals surface area (Å²) in [6.45, 7) is 8.51. The van der Waals surface area contributed by atoms with Crippen molar-refractivity contribution in [2.45, 2.75) is 13.8 Å². The predicted molar refractivity (Wildman–Crippen MR) is 102 cm³/mol. The molecule has 1 saturated heterocycles. The predicted octanol–water partition coefficient (Wildman–Crippen LogP) is 3.73. The van der Waals surface area contributed by atoms with Gasteiger partial charge in [0.05, 0.1) is 5.39 Å². The van der Waals surface area contributed by atoms with Crippen LogP contribution in [-0.2, 0) is 0 Å². The first-order valence-corrected chi connectivity index (χ1v) is 9.20. The molecule has 0 radical (unpaired) electrons. The van der Waals surface area contributed by atoms with Crippen molar-refractivity contribution in [2.75, 3.05) is 38.1 Å². The standard InChI is InChI=1S/C19H22N4S/c1-13-4-6-15(7-5-13)16-14(2)24-19-17(16)18(20-12-21-19)23-10-8-22(3)9-11-23/h4-7,12H,8-11H2,1-3H3. The first-order chi connectivity index (χ1) is 11.6. The highest BCUT2D eigenvalue weighted by Gasteiger charge is 2.22. The first kappa shape index (κ1) is 15.5. The molecular weight excluding hydrogens is 316 g/mol. The van der Waals surface area contributed by atoms with Gasteiger partial charge in [-0.15, -0.1) is 11.3 Å². The molecule has 0 atom stereocenters. The van der Waals surface area contributed by atoms with Crippen molar-refractivity contribution in [3.8, 4) is 11.1 Å². The largest absolute Gasteiger partial charge is 0.353 e. The van der Waals surface area contributed by atoms with Crippen molar-refractivity contribution < 1.29 is 0 Å². The van der Waals surface area contributed by atoms with Gasteiger partial charge in [0.15, 0.2) is 0 Å². The quantitative estimate of drug-likeness (QED) is 0.713. The van der Waals surface area contributed by atoms with Crippen LogP contribution in [0.15, 0.2) is 30.6 Å². The minimum Gasteiger partial charge on any atom is -0.353 e. The Hall–Kier alpha value is -1.98. The number of hydrogen-bond acceptors (Lipinski definition) is 5. The Kier molecular flexibility index (Phi) is 3.98. The molecule has 24 heavy (non-hydrogen) atoms. The summed E-state index contributed by atoms with van der Waals surface area (Å²) in [5.41, 5.74) is 3.84. The zero-order valence-corrected chi connectivity index (χ0v) is 15.2. The molecule has 0 N–H and O–H groups in total. The van der Waals surface area contributed by atoms with Gasteiger partial charge >= 0.3 is 0 Å². The first-order valence-electron chi connectivity index (χ1n) is 8.38. The molecule has 0 amide bonds. The third kappa shape index (κ3) is 2.68. The third-order valence-electron chi connectivity index (χ3n) is 4.79. The van der Waals surface area contributed by atoms with E-state index in [4.69, 9.17) is 0 Å². The summed E-state index contributed by atoms with van der Waals surface area (Å²) in [7, 11) is 2.18. The second-order valence-corrected chi connectivity index (χ2v) is 7.77. The number of aromatic nitrogens is 2. The number of nitrogens with zero attached hydrogens (tertiary/aromatic N) is 4. The van der Waals surface area contributed by atoms with E-state index in [1.165, 1.54) is 27.0 Å². The highest BCUT2D eigenvalue weighted by molar-refractivity contribution is 7.19. The number of benzene rings is 1. The van der Waals surface area contributed by atoms with Gasteiger partial charge in [0, 0.05) is 36.6 Å². The monoisotopic (exact) mass is 338 g/mol. The lowest BCUT2D eigenvalue weighted by Gasteiger charge is -2.33. The van der Waals surface area contributed by atoms with Gasteiger partial charge in [-0.25, -0.2) is 9.97 Å². The number of aryl methyl sites for hydroxylation is 2. The summed E-state index contributed by atoms with van der Waals surface area (Å²) < 4.78 is 0. The Bertz CT molecular complexity index is 861. The van der Waals surface area contributed by atoms with E-state index in [2.05, 4.69) is 64.9 Å². The minimum atomic E-state index is 1.02. The molecule has 1 aliphatic rings. The lowest BCUT2D eigenvalue weighted by Crippen LogP contribution is -2.44. The minimum absolute atomic E-state index is 1.02. The van der Waals surface area contributed by atoms with E-state index in [9.17, 15) is 0 Å². The summed E-state index contributed by atoms with van der Waals surface area (Å²) in [4.78, 5) is 16.4. The highest BCUT2D eigenvalue weighted by atomic mass is 32.1. The number of fused-ring (bicyclic) bond motifs is 1. The van der Waals surface area contributed by atoms with Crippen LogP contribution in [0.4, 0.5) is 5.82 Å². The lowest BCUT2D eigenvalue weighted by molar-refractivity contribution is 0.312. The smallest absolute Gasteiger partial charge is 0.141 e. The molecule has 1 aliphatic heterocycles. The summed E-state index contributed by atoms with van der Waals surface area (Å²) in [6, 6.07) is 8.78. The number of likely N-dealkylation sites (N-methyl/N-ethyl adjacent to an activating group) is 1. The highest BCUT2D eigenvalue weighted by Crippen LogP contribution is 2.41. The summed E-state index contributed by atoms with van der Waals surface area (Å²) in [5, 5.41) is 1.22. The Morgan fingerprint density at radius 1 is 0.958 bits per heavy atom. The maximum absolute atomic E-state index is 4.68. The van der Waals surface area contributed by atoms with Gasteiger partial charge in [-0.05, 0) is 26.5 Å². The van der Waals surface area contributed by atoms with E-state index >= 15 is 0 Å². The average Bonchev–Trinajstić information content (AvgIpc) is 2.92. The molecule has 2 aromatic heterocycles. The number of thiophene rings is 1. The fraction of sp³-hybridized carbons (Fsp3) is 0.368. The normalized spacial score (nSPS) is 16.0.